The predicted octanol–water partition coefficient (Wildman–Crippen LogP) is 6.29. The molecule has 2 unspecified atom stereocenters. The van der Waals surface area contributed by atoms with Gasteiger partial charge in [0.15, 0.2) is 0 Å². The number of allylic oxidation sites excluding steroid dienone is 3. The summed E-state index contributed by atoms with van der Waals surface area (Å²) in [5, 5.41) is 19.4. The third-order valence-electron chi connectivity index (χ3n) is 6.51. The summed E-state index contributed by atoms with van der Waals surface area (Å²) < 4.78 is 6.93. The maximum Gasteiger partial charge on any atom is 0.303 e. The lowest BCUT2D eigenvalue weighted by Gasteiger charge is -2.23. The minimum Gasteiger partial charge on any atom is -0.481 e. The molecule has 0 aliphatic heterocycles. The van der Waals surface area contributed by atoms with Gasteiger partial charge in [0.05, 0.1) is 20.1 Å². The normalized spacial score (nSPS) is 25.7. The van der Waals surface area contributed by atoms with Crippen LogP contribution >= 0.6 is 27.3 Å². The molecule has 0 bridgehead atoms. The highest BCUT2D eigenvalue weighted by Gasteiger charge is 2.39. The average molecular weight is 523 g/mol. The molecule has 1 fully saturated rings. The van der Waals surface area contributed by atoms with Crippen molar-refractivity contribution in [1.29, 1.82) is 0 Å². The van der Waals surface area contributed by atoms with Gasteiger partial charge in [0, 0.05) is 27.8 Å². The molecule has 1 heterocycles. The molecule has 1 aromatic rings. The van der Waals surface area contributed by atoms with Gasteiger partial charge in [0.1, 0.15) is 0 Å². The van der Waals surface area contributed by atoms with E-state index in [2.05, 4.69) is 54.1 Å². The summed E-state index contributed by atoms with van der Waals surface area (Å²) in [6, 6.07) is 2.21. The standard InChI is InChI=1S/C25H36BBrO4S/c1-16(24-14-22(27)17(2)32-24)12-19(31-3)10-11-20-18(15-26)13-23(28)21(20)8-6-4-5-7-9-25(29)30/h4,6,10-11,14,16,18-21,23,28H,5,7-9,12-13,15H2,1-3H3,(H,29,30)/b6-4-,11-10+/t16?,18-,19+,20-,21+,23?/m0/s1. The molecule has 1 aliphatic rings. The molecule has 2 rings (SSSR count). The van der Waals surface area contributed by atoms with E-state index in [1.54, 1.807) is 7.11 Å². The van der Waals surface area contributed by atoms with E-state index in [4.69, 9.17) is 17.7 Å². The Labute approximate surface area is 206 Å². The molecule has 2 N–H and O–H groups in total. The molecule has 7 heteroatoms. The van der Waals surface area contributed by atoms with Crippen LogP contribution in [0.25, 0.3) is 0 Å². The number of carboxylic acid groups (broad SMARTS) is 1. The number of methoxy groups -OCH3 is 1. The maximum atomic E-state index is 10.6. The van der Waals surface area contributed by atoms with Crippen LogP contribution in [0.15, 0.2) is 34.8 Å². The van der Waals surface area contributed by atoms with Crippen LogP contribution < -0.4 is 0 Å². The Bertz CT molecular complexity index is 758. The zero-order chi connectivity index (χ0) is 23.7. The molecule has 2 radical (unpaired) electrons. The lowest BCUT2D eigenvalue weighted by molar-refractivity contribution is -0.137. The van der Waals surface area contributed by atoms with Gasteiger partial charge in [-0.3, -0.25) is 4.79 Å². The highest BCUT2D eigenvalue weighted by Crippen LogP contribution is 2.42. The summed E-state index contributed by atoms with van der Waals surface area (Å²) in [6.45, 7) is 4.36. The minimum absolute atomic E-state index is 0.00885. The van der Waals surface area contributed by atoms with Crippen molar-refractivity contribution in [3.8, 4) is 0 Å². The van der Waals surface area contributed by atoms with Crippen molar-refractivity contribution in [3.63, 3.8) is 0 Å². The number of aliphatic hydroxyl groups excluding tert-OH is 1. The molecule has 0 aromatic carbocycles. The van der Waals surface area contributed by atoms with Crippen molar-refractivity contribution < 1.29 is 19.7 Å². The Kier molecular flexibility index (Phi) is 11.7. The number of thiophene rings is 1. The molecule has 1 saturated carbocycles. The van der Waals surface area contributed by atoms with Gasteiger partial charge in [-0.15, -0.1) is 11.3 Å². The van der Waals surface area contributed by atoms with Crippen molar-refractivity contribution in [2.75, 3.05) is 7.11 Å². The minimum atomic E-state index is -0.760. The van der Waals surface area contributed by atoms with E-state index < -0.39 is 5.97 Å². The number of aliphatic carboxylic acids is 1. The largest absolute Gasteiger partial charge is 0.481 e. The van der Waals surface area contributed by atoms with Crippen LogP contribution in [0.1, 0.15) is 61.1 Å². The molecule has 4 nitrogen and oxygen atoms in total. The van der Waals surface area contributed by atoms with Crippen LogP contribution in [0.3, 0.4) is 0 Å². The fourth-order valence-electron chi connectivity index (χ4n) is 4.55. The average Bonchev–Trinajstić information content (AvgIpc) is 3.25. The Balaban J connectivity index is 1.99. The SMILES string of the molecule is [B]C[C@@H]1CC(O)[C@H](C/C=C\CCCC(=O)O)[C@H]1/C=C/[C@H](CC(C)c1cc(Br)c(C)s1)OC. The number of carbonyl (C=O) groups is 1. The van der Waals surface area contributed by atoms with Gasteiger partial charge in [0.25, 0.3) is 0 Å². The Morgan fingerprint density at radius 1 is 1.44 bits per heavy atom. The van der Waals surface area contributed by atoms with Gasteiger partial charge in [0.2, 0.25) is 0 Å². The van der Waals surface area contributed by atoms with Crippen LogP contribution in [0.4, 0.5) is 0 Å². The van der Waals surface area contributed by atoms with E-state index in [0.717, 1.165) is 25.7 Å². The van der Waals surface area contributed by atoms with Crippen molar-refractivity contribution in [2.45, 2.75) is 76.8 Å². The number of unbranched alkanes of at least 4 members (excludes halogenated alkanes) is 1. The predicted molar refractivity (Wildman–Crippen MR) is 137 cm³/mol. The Morgan fingerprint density at radius 2 is 2.19 bits per heavy atom. The van der Waals surface area contributed by atoms with Crippen LogP contribution in [-0.4, -0.2) is 43.3 Å². The first-order valence-corrected chi connectivity index (χ1v) is 13.1. The third-order valence-corrected chi connectivity index (χ3v) is 8.88. The zero-order valence-electron chi connectivity index (χ0n) is 19.4. The van der Waals surface area contributed by atoms with E-state index in [0.29, 0.717) is 18.7 Å². The molecule has 1 aliphatic carbocycles. The molecule has 0 amide bonds. The lowest BCUT2D eigenvalue weighted by Crippen LogP contribution is -2.19. The van der Waals surface area contributed by atoms with E-state index >= 15 is 0 Å². The van der Waals surface area contributed by atoms with Crippen molar-refractivity contribution in [2.24, 2.45) is 17.8 Å². The molecule has 0 spiro atoms. The third kappa shape index (κ3) is 8.16. The Hall–Kier alpha value is -0.885. The summed E-state index contributed by atoms with van der Waals surface area (Å²) in [7, 11) is 7.78. The molecule has 0 saturated heterocycles. The van der Waals surface area contributed by atoms with E-state index in [9.17, 15) is 9.90 Å². The molecule has 1 aromatic heterocycles. The second-order valence-electron chi connectivity index (χ2n) is 8.88. The quantitative estimate of drug-likeness (QED) is 0.181. The van der Waals surface area contributed by atoms with Crippen LogP contribution in [0.5, 0.6) is 0 Å². The molecule has 176 valence electrons. The van der Waals surface area contributed by atoms with Crippen molar-refractivity contribution in [3.05, 3.63) is 44.6 Å². The van der Waals surface area contributed by atoms with Crippen LogP contribution in [0, 0.1) is 24.7 Å². The Morgan fingerprint density at radius 3 is 2.78 bits per heavy atom. The smallest absolute Gasteiger partial charge is 0.303 e. The highest BCUT2D eigenvalue weighted by atomic mass is 79.9. The number of carboxylic acids is 1. The first-order chi connectivity index (χ1) is 15.3. The second kappa shape index (κ2) is 13.7. The van der Waals surface area contributed by atoms with Gasteiger partial charge in [-0.2, -0.15) is 0 Å². The molecular weight excluding hydrogens is 487 g/mol. The second-order valence-corrected chi connectivity index (χ2v) is 11.0. The van der Waals surface area contributed by atoms with Crippen LogP contribution in [-0.2, 0) is 9.53 Å². The lowest BCUT2D eigenvalue weighted by atomic mass is 9.79. The first-order valence-electron chi connectivity index (χ1n) is 11.5. The van der Waals surface area contributed by atoms with E-state index in [1.165, 1.54) is 14.2 Å². The summed E-state index contributed by atoms with van der Waals surface area (Å²) in [6.07, 6.45) is 12.7. The van der Waals surface area contributed by atoms with Gasteiger partial charge in [-0.05, 0) is 84.7 Å². The highest BCUT2D eigenvalue weighted by molar-refractivity contribution is 9.10. The van der Waals surface area contributed by atoms with Crippen molar-refractivity contribution >= 4 is 41.1 Å². The van der Waals surface area contributed by atoms with Gasteiger partial charge in [-0.1, -0.05) is 37.5 Å². The maximum absolute atomic E-state index is 10.6. The summed E-state index contributed by atoms with van der Waals surface area (Å²) >= 11 is 5.43. The van der Waals surface area contributed by atoms with Gasteiger partial charge >= 0.3 is 5.97 Å². The molecule has 32 heavy (non-hydrogen) atoms. The number of rotatable bonds is 13. The summed E-state index contributed by atoms with van der Waals surface area (Å²) in [4.78, 5) is 13.3. The summed E-state index contributed by atoms with van der Waals surface area (Å²) in [5.41, 5.74) is 0. The van der Waals surface area contributed by atoms with Gasteiger partial charge in [-0.25, -0.2) is 0 Å². The zero-order valence-corrected chi connectivity index (χ0v) is 21.8. The van der Waals surface area contributed by atoms with E-state index in [-0.39, 0.29) is 36.4 Å². The van der Waals surface area contributed by atoms with Crippen molar-refractivity contribution in [1.82, 2.24) is 0 Å². The van der Waals surface area contributed by atoms with Crippen LogP contribution in [0.2, 0.25) is 6.32 Å². The summed E-state index contributed by atoms with van der Waals surface area (Å²) in [5.74, 6) is 0.233. The fraction of sp³-hybridized carbons (Fsp3) is 0.640. The molecule has 6 atom stereocenters. The topological polar surface area (TPSA) is 66.8 Å². The molecular formula is C25H36BBrO4S. The monoisotopic (exact) mass is 522 g/mol. The van der Waals surface area contributed by atoms with E-state index in [1.807, 2.05) is 17.4 Å². The number of hydrogen-bond acceptors (Lipinski definition) is 4. The number of aliphatic hydroxyl groups is 1. The fourth-order valence-corrected chi connectivity index (χ4v) is 6.18. The number of ether oxygens (including phenoxy) is 1. The first kappa shape index (κ1) is 27.4. The number of hydrogen-bond donors (Lipinski definition) is 2. The number of aryl methyl sites for hydroxylation is 1. The number of halogens is 1. The van der Waals surface area contributed by atoms with Gasteiger partial charge < -0.3 is 14.9 Å².